The number of carbonyl (C=O) groups excluding carboxylic acids is 2. The average Bonchev–Trinajstić information content (AvgIpc) is 3.17. The van der Waals surface area contributed by atoms with Crippen LogP contribution in [0.1, 0.15) is 18.2 Å². The van der Waals surface area contributed by atoms with Crippen LogP contribution in [0.4, 0.5) is 13.6 Å². The van der Waals surface area contributed by atoms with E-state index in [-0.39, 0.29) is 23.4 Å². The van der Waals surface area contributed by atoms with Gasteiger partial charge in [0.25, 0.3) is 11.5 Å². The molecule has 2 aromatic heterocycles. The third-order valence-electron chi connectivity index (χ3n) is 4.42. The Hall–Kier alpha value is -3.14. The van der Waals surface area contributed by atoms with Crippen molar-refractivity contribution in [1.29, 1.82) is 0 Å². The van der Waals surface area contributed by atoms with Crippen molar-refractivity contribution < 1.29 is 18.4 Å². The van der Waals surface area contributed by atoms with Gasteiger partial charge in [0.05, 0.1) is 12.2 Å². The van der Waals surface area contributed by atoms with Crippen LogP contribution in [0, 0.1) is 11.6 Å². The van der Waals surface area contributed by atoms with Crippen molar-refractivity contribution in [2.45, 2.75) is 19.0 Å². The lowest BCUT2D eigenvalue weighted by molar-refractivity contribution is -0.131. The second-order valence-electron chi connectivity index (χ2n) is 6.21. The maximum Gasteiger partial charge on any atom is 0.325 e. The van der Waals surface area contributed by atoms with E-state index in [0.29, 0.717) is 4.96 Å². The van der Waals surface area contributed by atoms with Crippen molar-refractivity contribution in [2.75, 3.05) is 0 Å². The fourth-order valence-corrected chi connectivity index (χ4v) is 3.77. The van der Waals surface area contributed by atoms with Gasteiger partial charge < -0.3 is 5.32 Å². The molecular formula is C17H12F2N4O3S. The molecule has 0 bridgehead atoms. The minimum Gasteiger partial charge on any atom is -0.319 e. The molecule has 3 amide bonds. The van der Waals surface area contributed by atoms with Gasteiger partial charge in [-0.3, -0.25) is 18.9 Å². The molecule has 27 heavy (non-hydrogen) atoms. The van der Waals surface area contributed by atoms with E-state index in [4.69, 9.17) is 0 Å². The Morgan fingerprint density at radius 1 is 1.22 bits per heavy atom. The van der Waals surface area contributed by atoms with Crippen molar-refractivity contribution in [3.63, 3.8) is 0 Å². The van der Waals surface area contributed by atoms with Crippen LogP contribution in [0.5, 0.6) is 0 Å². The molecule has 0 aliphatic carbocycles. The van der Waals surface area contributed by atoms with Gasteiger partial charge in [-0.1, -0.05) is 0 Å². The first kappa shape index (κ1) is 17.3. The molecule has 3 aromatic rings. The van der Waals surface area contributed by atoms with E-state index in [1.807, 2.05) is 0 Å². The first-order valence-electron chi connectivity index (χ1n) is 7.85. The van der Waals surface area contributed by atoms with Gasteiger partial charge in [-0.15, -0.1) is 11.3 Å². The molecule has 1 atom stereocenters. The molecule has 1 saturated heterocycles. The van der Waals surface area contributed by atoms with E-state index < -0.39 is 29.1 Å². The van der Waals surface area contributed by atoms with Gasteiger partial charge in [-0.25, -0.2) is 18.6 Å². The molecule has 1 N–H and O–H groups in total. The Morgan fingerprint density at radius 3 is 2.78 bits per heavy atom. The van der Waals surface area contributed by atoms with Gasteiger partial charge in [0.15, 0.2) is 4.96 Å². The summed E-state index contributed by atoms with van der Waals surface area (Å²) in [6.45, 7) is 1.04. The fraction of sp³-hybridized carbons (Fsp3) is 0.176. The summed E-state index contributed by atoms with van der Waals surface area (Å²) in [5.74, 6) is -2.30. The van der Waals surface area contributed by atoms with Gasteiger partial charge in [0.2, 0.25) is 0 Å². The number of imide groups is 1. The maximum absolute atomic E-state index is 14.2. The van der Waals surface area contributed by atoms with Crippen molar-refractivity contribution in [3.8, 4) is 0 Å². The number of hydrogen-bond donors (Lipinski definition) is 1. The standard InChI is InChI=1S/C17H12F2N4O3S/c1-17(11-6-9(18)2-3-12(11)19)14(25)23(15(26)21-17)8-10-7-13(24)22-4-5-27-16(22)20-10/h2-7H,8H2,1H3,(H,21,26). The van der Waals surface area contributed by atoms with Gasteiger partial charge in [-0.05, 0) is 25.1 Å². The monoisotopic (exact) mass is 390 g/mol. The number of rotatable bonds is 3. The van der Waals surface area contributed by atoms with E-state index in [1.54, 1.807) is 11.6 Å². The molecule has 1 aliphatic rings. The normalized spacial score (nSPS) is 19.7. The van der Waals surface area contributed by atoms with Crippen LogP contribution in [-0.4, -0.2) is 26.2 Å². The van der Waals surface area contributed by atoms with Crippen molar-refractivity contribution >= 4 is 28.2 Å². The van der Waals surface area contributed by atoms with Crippen LogP contribution in [0.25, 0.3) is 4.96 Å². The number of thiazole rings is 1. The molecule has 10 heteroatoms. The molecular weight excluding hydrogens is 378 g/mol. The molecule has 1 aromatic carbocycles. The second-order valence-corrected chi connectivity index (χ2v) is 7.08. The summed E-state index contributed by atoms with van der Waals surface area (Å²) < 4.78 is 29.1. The summed E-state index contributed by atoms with van der Waals surface area (Å²) in [6, 6.07) is 3.14. The average molecular weight is 390 g/mol. The van der Waals surface area contributed by atoms with Gasteiger partial charge in [0, 0.05) is 23.2 Å². The molecule has 0 spiro atoms. The molecule has 0 saturated carbocycles. The van der Waals surface area contributed by atoms with Crippen molar-refractivity contribution in [1.82, 2.24) is 19.6 Å². The Kier molecular flexibility index (Phi) is 3.81. The first-order chi connectivity index (χ1) is 12.8. The number of nitrogens with one attached hydrogen (secondary N) is 1. The van der Waals surface area contributed by atoms with Crippen LogP contribution >= 0.6 is 11.3 Å². The highest BCUT2D eigenvalue weighted by atomic mass is 32.1. The molecule has 1 unspecified atom stereocenters. The summed E-state index contributed by atoms with van der Waals surface area (Å²) in [4.78, 5) is 42.8. The van der Waals surface area contributed by atoms with Gasteiger partial charge >= 0.3 is 6.03 Å². The van der Waals surface area contributed by atoms with Crippen molar-refractivity contribution in [3.05, 3.63) is 69.1 Å². The van der Waals surface area contributed by atoms with Gasteiger partial charge in [-0.2, -0.15) is 0 Å². The van der Waals surface area contributed by atoms with Crippen molar-refractivity contribution in [2.24, 2.45) is 0 Å². The number of urea groups is 1. The molecule has 4 rings (SSSR count). The molecule has 1 fully saturated rings. The fourth-order valence-electron chi connectivity index (χ4n) is 3.03. The van der Waals surface area contributed by atoms with E-state index in [0.717, 1.165) is 23.1 Å². The lowest BCUT2D eigenvalue weighted by Gasteiger charge is -2.22. The van der Waals surface area contributed by atoms with E-state index >= 15 is 0 Å². The van der Waals surface area contributed by atoms with Crippen LogP contribution < -0.4 is 10.9 Å². The minimum absolute atomic E-state index is 0.218. The number of halogens is 2. The predicted molar refractivity (Wildman–Crippen MR) is 92.1 cm³/mol. The highest BCUT2D eigenvalue weighted by Crippen LogP contribution is 2.31. The Labute approximate surface area is 154 Å². The summed E-state index contributed by atoms with van der Waals surface area (Å²) >= 11 is 1.23. The highest BCUT2D eigenvalue weighted by Gasteiger charge is 2.50. The predicted octanol–water partition coefficient (Wildman–Crippen LogP) is 2.00. The van der Waals surface area contributed by atoms with Crippen LogP contribution in [0.2, 0.25) is 0 Å². The second kappa shape index (κ2) is 5.95. The third kappa shape index (κ3) is 2.69. The maximum atomic E-state index is 14.2. The Morgan fingerprint density at radius 2 is 2.00 bits per heavy atom. The Balaban J connectivity index is 1.70. The number of amides is 3. The van der Waals surface area contributed by atoms with Gasteiger partial charge in [0.1, 0.15) is 17.2 Å². The zero-order valence-corrected chi connectivity index (χ0v) is 14.7. The number of nitrogens with zero attached hydrogens (tertiary/aromatic N) is 3. The van der Waals surface area contributed by atoms with Crippen LogP contribution in [-0.2, 0) is 16.9 Å². The zero-order valence-electron chi connectivity index (χ0n) is 13.9. The molecule has 7 nitrogen and oxygen atoms in total. The number of aromatic nitrogens is 2. The quantitative estimate of drug-likeness (QED) is 0.694. The third-order valence-corrected chi connectivity index (χ3v) is 5.17. The molecule has 3 heterocycles. The summed E-state index contributed by atoms with van der Waals surface area (Å²) in [6.07, 6.45) is 1.57. The lowest BCUT2D eigenvalue weighted by Crippen LogP contribution is -2.41. The number of fused-ring (bicyclic) bond motifs is 1. The SMILES string of the molecule is CC1(c2cc(F)ccc2F)NC(=O)N(Cc2cc(=O)n3ccsc3n2)C1=O. The largest absolute Gasteiger partial charge is 0.325 e. The molecule has 0 radical (unpaired) electrons. The number of hydrogen-bond acceptors (Lipinski definition) is 5. The minimum atomic E-state index is -1.76. The highest BCUT2D eigenvalue weighted by molar-refractivity contribution is 7.15. The molecule has 1 aliphatic heterocycles. The van der Waals surface area contributed by atoms with E-state index in [9.17, 15) is 23.2 Å². The number of benzene rings is 1. The van der Waals surface area contributed by atoms with Crippen LogP contribution in [0.3, 0.4) is 0 Å². The van der Waals surface area contributed by atoms with E-state index in [1.165, 1.54) is 28.7 Å². The van der Waals surface area contributed by atoms with E-state index in [2.05, 4.69) is 10.3 Å². The lowest BCUT2D eigenvalue weighted by atomic mass is 9.91. The zero-order chi connectivity index (χ0) is 19.3. The summed E-state index contributed by atoms with van der Waals surface area (Å²) in [5, 5.41) is 4.09. The number of carbonyl (C=O) groups is 2. The topological polar surface area (TPSA) is 83.8 Å². The Bertz CT molecular complexity index is 1160. The smallest absolute Gasteiger partial charge is 0.319 e. The summed E-state index contributed by atoms with van der Waals surface area (Å²) in [7, 11) is 0. The summed E-state index contributed by atoms with van der Waals surface area (Å²) in [5.41, 5.74) is -2.16. The first-order valence-corrected chi connectivity index (χ1v) is 8.73. The molecule has 138 valence electrons. The van der Waals surface area contributed by atoms with Crippen LogP contribution in [0.15, 0.2) is 40.6 Å².